The van der Waals surface area contributed by atoms with Gasteiger partial charge in [-0.25, -0.2) is 0 Å². The van der Waals surface area contributed by atoms with E-state index in [-0.39, 0.29) is 5.91 Å². The van der Waals surface area contributed by atoms with Crippen molar-refractivity contribution in [2.45, 2.75) is 20.3 Å². The molecule has 0 saturated carbocycles. The predicted octanol–water partition coefficient (Wildman–Crippen LogP) is 2.79. The molecule has 0 bridgehead atoms. The van der Waals surface area contributed by atoms with Gasteiger partial charge in [-0.2, -0.15) is 0 Å². The second-order valence-electron chi connectivity index (χ2n) is 6.73. The van der Waals surface area contributed by atoms with Gasteiger partial charge in [0.25, 0.3) is 0 Å². The van der Waals surface area contributed by atoms with Gasteiger partial charge in [-0.15, -0.1) is 10.2 Å². The van der Waals surface area contributed by atoms with Crippen molar-refractivity contribution in [3.05, 3.63) is 42.5 Å². The van der Waals surface area contributed by atoms with Crippen LogP contribution in [0, 0.1) is 5.92 Å². The van der Waals surface area contributed by atoms with E-state index in [4.69, 9.17) is 0 Å². The number of aromatic nitrogens is 2. The quantitative estimate of drug-likeness (QED) is 0.908. The van der Waals surface area contributed by atoms with Crippen molar-refractivity contribution >= 4 is 23.2 Å². The molecule has 1 saturated heterocycles. The van der Waals surface area contributed by atoms with Gasteiger partial charge in [0.1, 0.15) is 0 Å². The summed E-state index contributed by atoms with van der Waals surface area (Å²) in [6.45, 7) is 7.76. The molecule has 6 heteroatoms. The van der Waals surface area contributed by atoms with Crippen molar-refractivity contribution in [2.24, 2.45) is 5.92 Å². The summed E-state index contributed by atoms with van der Waals surface area (Å²) in [6, 6.07) is 14.2. The van der Waals surface area contributed by atoms with Crippen LogP contribution in [-0.4, -0.2) is 42.3 Å². The van der Waals surface area contributed by atoms with Gasteiger partial charge in [-0.05, 0) is 30.2 Å². The van der Waals surface area contributed by atoms with Gasteiger partial charge in [0.15, 0.2) is 11.6 Å². The highest BCUT2D eigenvalue weighted by atomic mass is 16.1. The molecule has 6 nitrogen and oxygen atoms in total. The van der Waals surface area contributed by atoms with E-state index in [9.17, 15) is 4.79 Å². The number of nitrogens with zero attached hydrogens (tertiary/aromatic N) is 4. The fourth-order valence-electron chi connectivity index (χ4n) is 2.96. The Bertz CT molecular complexity index is 679. The molecular formula is C19H25N5O. The smallest absolute Gasteiger partial charge is 0.225 e. The van der Waals surface area contributed by atoms with Crippen LogP contribution < -0.4 is 15.1 Å². The summed E-state index contributed by atoms with van der Waals surface area (Å²) in [7, 11) is 0. The monoisotopic (exact) mass is 339 g/mol. The van der Waals surface area contributed by atoms with E-state index >= 15 is 0 Å². The molecule has 1 N–H and O–H groups in total. The summed E-state index contributed by atoms with van der Waals surface area (Å²) >= 11 is 0. The van der Waals surface area contributed by atoms with Gasteiger partial charge >= 0.3 is 0 Å². The number of hydrogen-bond donors (Lipinski definition) is 1. The van der Waals surface area contributed by atoms with Crippen LogP contribution in [-0.2, 0) is 4.79 Å². The molecule has 2 heterocycles. The Morgan fingerprint density at radius 2 is 1.68 bits per heavy atom. The molecule has 0 spiro atoms. The Morgan fingerprint density at radius 1 is 1.00 bits per heavy atom. The molecule has 0 atom stereocenters. The van der Waals surface area contributed by atoms with E-state index < -0.39 is 0 Å². The van der Waals surface area contributed by atoms with E-state index in [1.807, 2.05) is 32.0 Å². The molecule has 1 aromatic heterocycles. The maximum atomic E-state index is 11.8. The number of benzene rings is 1. The van der Waals surface area contributed by atoms with Crippen molar-refractivity contribution in [1.29, 1.82) is 0 Å². The highest BCUT2D eigenvalue weighted by Crippen LogP contribution is 2.19. The summed E-state index contributed by atoms with van der Waals surface area (Å²) in [5.74, 6) is 1.67. The van der Waals surface area contributed by atoms with E-state index in [1.165, 1.54) is 5.69 Å². The standard InChI is InChI=1S/C19H25N5O/c1-15(2)14-19(25)20-17-8-9-18(22-21-17)24-12-10-23(11-13-24)16-6-4-3-5-7-16/h3-9,15H,10-14H2,1-2H3,(H,20,21,25). The first-order valence-electron chi connectivity index (χ1n) is 8.80. The maximum Gasteiger partial charge on any atom is 0.225 e. The zero-order valence-electron chi connectivity index (χ0n) is 14.9. The second-order valence-corrected chi connectivity index (χ2v) is 6.73. The van der Waals surface area contributed by atoms with Crippen LogP contribution in [0.4, 0.5) is 17.3 Å². The minimum atomic E-state index is -0.0199. The van der Waals surface area contributed by atoms with Crippen LogP contribution in [0.5, 0.6) is 0 Å². The Hall–Kier alpha value is -2.63. The van der Waals surface area contributed by atoms with Gasteiger partial charge in [0, 0.05) is 38.3 Å². The predicted molar refractivity (Wildman–Crippen MR) is 101 cm³/mol. The molecule has 1 aliphatic rings. The molecule has 3 rings (SSSR count). The summed E-state index contributed by atoms with van der Waals surface area (Å²) in [5, 5.41) is 11.2. The third-order valence-electron chi connectivity index (χ3n) is 4.24. The normalized spacial score (nSPS) is 14.7. The summed E-state index contributed by atoms with van der Waals surface area (Å²) in [6.07, 6.45) is 0.491. The number of hydrogen-bond acceptors (Lipinski definition) is 5. The maximum absolute atomic E-state index is 11.8. The molecule has 25 heavy (non-hydrogen) atoms. The van der Waals surface area contributed by atoms with E-state index in [0.717, 1.165) is 32.0 Å². The first kappa shape index (κ1) is 17.2. The van der Waals surface area contributed by atoms with Crippen molar-refractivity contribution < 1.29 is 4.79 Å². The van der Waals surface area contributed by atoms with Crippen molar-refractivity contribution in [1.82, 2.24) is 10.2 Å². The Balaban J connectivity index is 1.54. The molecule has 0 radical (unpaired) electrons. The molecule has 1 fully saturated rings. The number of nitrogens with one attached hydrogen (secondary N) is 1. The Labute approximate surface area is 148 Å². The van der Waals surface area contributed by atoms with Gasteiger partial charge in [-0.1, -0.05) is 32.0 Å². The van der Waals surface area contributed by atoms with Crippen LogP contribution >= 0.6 is 0 Å². The third kappa shape index (κ3) is 4.68. The molecule has 1 aromatic carbocycles. The highest BCUT2D eigenvalue weighted by Gasteiger charge is 2.18. The SMILES string of the molecule is CC(C)CC(=O)Nc1ccc(N2CCN(c3ccccc3)CC2)nn1. The number of amides is 1. The van der Waals surface area contributed by atoms with Crippen LogP contribution in [0.25, 0.3) is 0 Å². The third-order valence-corrected chi connectivity index (χ3v) is 4.24. The molecule has 0 aliphatic carbocycles. The van der Waals surface area contributed by atoms with Crippen LogP contribution in [0.3, 0.4) is 0 Å². The molecule has 132 valence electrons. The lowest BCUT2D eigenvalue weighted by Crippen LogP contribution is -2.46. The number of rotatable bonds is 5. The number of para-hydroxylation sites is 1. The van der Waals surface area contributed by atoms with Crippen LogP contribution in [0.1, 0.15) is 20.3 Å². The molecule has 2 aromatic rings. The van der Waals surface area contributed by atoms with Gasteiger partial charge < -0.3 is 15.1 Å². The molecular weight excluding hydrogens is 314 g/mol. The minimum absolute atomic E-state index is 0.0199. The number of carbonyl (C=O) groups excluding carboxylic acids is 1. The zero-order valence-corrected chi connectivity index (χ0v) is 14.9. The Morgan fingerprint density at radius 3 is 2.28 bits per heavy atom. The van der Waals surface area contributed by atoms with E-state index in [1.54, 1.807) is 0 Å². The Kier molecular flexibility index (Phi) is 5.48. The number of carbonyl (C=O) groups is 1. The first-order valence-corrected chi connectivity index (χ1v) is 8.80. The summed E-state index contributed by atoms with van der Waals surface area (Å²) in [4.78, 5) is 16.4. The zero-order chi connectivity index (χ0) is 17.6. The average molecular weight is 339 g/mol. The fraction of sp³-hybridized carbons (Fsp3) is 0.421. The van der Waals surface area contributed by atoms with Crippen LogP contribution in [0.15, 0.2) is 42.5 Å². The summed E-state index contributed by atoms with van der Waals surface area (Å²) in [5.41, 5.74) is 1.26. The summed E-state index contributed by atoms with van der Waals surface area (Å²) < 4.78 is 0. The molecule has 1 aliphatic heterocycles. The fourth-order valence-corrected chi connectivity index (χ4v) is 2.96. The van der Waals surface area contributed by atoms with Crippen LogP contribution in [0.2, 0.25) is 0 Å². The van der Waals surface area contributed by atoms with E-state index in [0.29, 0.717) is 18.2 Å². The largest absolute Gasteiger partial charge is 0.368 e. The lowest BCUT2D eigenvalue weighted by molar-refractivity contribution is -0.116. The second kappa shape index (κ2) is 7.96. The van der Waals surface area contributed by atoms with Gasteiger partial charge in [-0.3, -0.25) is 4.79 Å². The van der Waals surface area contributed by atoms with Crippen molar-refractivity contribution in [3.63, 3.8) is 0 Å². The van der Waals surface area contributed by atoms with Crippen molar-refractivity contribution in [3.8, 4) is 0 Å². The first-order chi connectivity index (χ1) is 12.1. The molecule has 0 unspecified atom stereocenters. The highest BCUT2D eigenvalue weighted by molar-refractivity contribution is 5.89. The molecule has 1 amide bonds. The van der Waals surface area contributed by atoms with Gasteiger partial charge in [0.2, 0.25) is 5.91 Å². The lowest BCUT2D eigenvalue weighted by atomic mass is 10.1. The minimum Gasteiger partial charge on any atom is -0.368 e. The van der Waals surface area contributed by atoms with Crippen molar-refractivity contribution in [2.75, 3.05) is 41.3 Å². The number of anilines is 3. The topological polar surface area (TPSA) is 61.4 Å². The van der Waals surface area contributed by atoms with E-state index in [2.05, 4.69) is 49.6 Å². The van der Waals surface area contributed by atoms with Gasteiger partial charge in [0.05, 0.1) is 0 Å². The number of piperazine rings is 1. The average Bonchev–Trinajstić information content (AvgIpc) is 2.62. The lowest BCUT2D eigenvalue weighted by Gasteiger charge is -2.36.